The van der Waals surface area contributed by atoms with Gasteiger partial charge in [0.15, 0.2) is 0 Å². The first-order valence-corrected chi connectivity index (χ1v) is 7.14. The van der Waals surface area contributed by atoms with Crippen LogP contribution in [-0.2, 0) is 16.0 Å². The van der Waals surface area contributed by atoms with E-state index in [2.05, 4.69) is 10.3 Å². The molecule has 1 N–H and O–H groups in total. The summed E-state index contributed by atoms with van der Waals surface area (Å²) in [6.07, 6.45) is 3.64. The van der Waals surface area contributed by atoms with E-state index in [-0.39, 0.29) is 5.91 Å². The van der Waals surface area contributed by atoms with Gasteiger partial charge < -0.3 is 10.1 Å². The molecule has 106 valence electrons. The zero-order valence-electron chi connectivity index (χ0n) is 11.8. The van der Waals surface area contributed by atoms with Crippen molar-refractivity contribution in [3.63, 3.8) is 0 Å². The highest BCUT2D eigenvalue weighted by molar-refractivity contribution is 7.13. The molecule has 1 aromatic heterocycles. The number of thiazole rings is 1. The largest absolute Gasteiger partial charge is 0.467 e. The van der Waals surface area contributed by atoms with Crippen molar-refractivity contribution in [2.24, 2.45) is 0 Å². The first kappa shape index (κ1) is 15.6. The minimum absolute atomic E-state index is 0.279. The summed E-state index contributed by atoms with van der Waals surface area (Å²) in [7, 11) is 1.32. The van der Waals surface area contributed by atoms with Gasteiger partial charge in [0.25, 0.3) is 5.91 Å². The molecule has 6 heteroatoms. The van der Waals surface area contributed by atoms with Crippen molar-refractivity contribution < 1.29 is 14.3 Å². The van der Waals surface area contributed by atoms with Gasteiger partial charge in [0.2, 0.25) is 0 Å². The summed E-state index contributed by atoms with van der Waals surface area (Å²) < 4.78 is 4.77. The first-order valence-electron chi connectivity index (χ1n) is 6.32. The first-order chi connectivity index (χ1) is 8.96. The Kier molecular flexibility index (Phi) is 5.47. The molecule has 0 radical (unpaired) electrons. The zero-order chi connectivity index (χ0) is 14.5. The van der Waals surface area contributed by atoms with Gasteiger partial charge >= 0.3 is 5.97 Å². The molecule has 1 atom stereocenters. The van der Waals surface area contributed by atoms with E-state index in [9.17, 15) is 9.59 Å². The number of nitrogens with one attached hydrogen (secondary N) is 1. The van der Waals surface area contributed by atoms with Crippen molar-refractivity contribution in [1.82, 2.24) is 10.3 Å². The fourth-order valence-corrected chi connectivity index (χ4v) is 2.58. The van der Waals surface area contributed by atoms with E-state index in [1.54, 1.807) is 13.1 Å². The van der Waals surface area contributed by atoms with Gasteiger partial charge in [-0.05, 0) is 19.8 Å². The Morgan fingerprint density at radius 1 is 1.47 bits per heavy atom. The third kappa shape index (κ3) is 3.76. The Bertz CT molecular complexity index is 458. The molecule has 1 rings (SSSR count). The third-order valence-electron chi connectivity index (χ3n) is 2.86. The number of aromatic nitrogens is 1. The standard InChI is InChI=1S/C13H20N2O3S/c1-5-7-13(3,12(17)18-4)15-11(16)9-8-14-10(6-2)19-9/h8H,5-7H2,1-4H3,(H,15,16). The van der Waals surface area contributed by atoms with Crippen LogP contribution in [0.2, 0.25) is 0 Å². The average Bonchev–Trinajstić information content (AvgIpc) is 2.86. The second kappa shape index (κ2) is 6.65. The number of amides is 1. The van der Waals surface area contributed by atoms with E-state index >= 15 is 0 Å². The van der Waals surface area contributed by atoms with E-state index in [1.165, 1.54) is 18.4 Å². The summed E-state index contributed by atoms with van der Waals surface area (Å²) in [4.78, 5) is 28.6. The van der Waals surface area contributed by atoms with Crippen LogP contribution in [0.1, 0.15) is 48.3 Å². The number of methoxy groups -OCH3 is 1. The molecule has 0 saturated heterocycles. The predicted molar refractivity (Wildman–Crippen MR) is 74.3 cm³/mol. The molecule has 0 fully saturated rings. The summed E-state index contributed by atoms with van der Waals surface area (Å²) in [5.74, 6) is -0.707. The molecule has 0 bridgehead atoms. The molecule has 0 spiro atoms. The lowest BCUT2D eigenvalue weighted by Crippen LogP contribution is -2.52. The number of rotatable bonds is 6. The second-order valence-corrected chi connectivity index (χ2v) is 5.61. The number of esters is 1. The van der Waals surface area contributed by atoms with E-state index in [4.69, 9.17) is 4.74 Å². The molecule has 1 heterocycles. The molecule has 0 aliphatic carbocycles. The van der Waals surface area contributed by atoms with E-state index < -0.39 is 11.5 Å². The maximum atomic E-state index is 12.1. The number of hydrogen-bond acceptors (Lipinski definition) is 5. The van der Waals surface area contributed by atoms with Gasteiger partial charge in [-0.2, -0.15) is 0 Å². The van der Waals surface area contributed by atoms with Gasteiger partial charge in [0.05, 0.1) is 18.3 Å². The van der Waals surface area contributed by atoms with Crippen molar-refractivity contribution in [3.05, 3.63) is 16.1 Å². The lowest BCUT2D eigenvalue weighted by molar-refractivity contribution is -0.147. The smallest absolute Gasteiger partial charge is 0.331 e. The molecular weight excluding hydrogens is 264 g/mol. The van der Waals surface area contributed by atoms with E-state index in [1.807, 2.05) is 13.8 Å². The predicted octanol–water partition coefficient (Wildman–Crippen LogP) is 2.17. The lowest BCUT2D eigenvalue weighted by Gasteiger charge is -2.27. The quantitative estimate of drug-likeness (QED) is 0.813. The van der Waals surface area contributed by atoms with Crippen LogP contribution in [0.15, 0.2) is 6.20 Å². The maximum Gasteiger partial charge on any atom is 0.331 e. The number of carbonyl (C=O) groups is 2. The van der Waals surface area contributed by atoms with Gasteiger partial charge in [-0.3, -0.25) is 4.79 Å². The van der Waals surface area contributed by atoms with Gasteiger partial charge in [0.1, 0.15) is 10.4 Å². The summed E-state index contributed by atoms with van der Waals surface area (Å²) in [5, 5.41) is 3.66. The van der Waals surface area contributed by atoms with E-state index in [0.29, 0.717) is 11.3 Å². The Balaban J connectivity index is 2.84. The Labute approximate surface area is 117 Å². The highest BCUT2D eigenvalue weighted by Gasteiger charge is 2.35. The van der Waals surface area contributed by atoms with Gasteiger partial charge in [-0.15, -0.1) is 11.3 Å². The fraction of sp³-hybridized carbons (Fsp3) is 0.615. The van der Waals surface area contributed by atoms with Crippen molar-refractivity contribution in [3.8, 4) is 0 Å². The Morgan fingerprint density at radius 3 is 2.63 bits per heavy atom. The minimum atomic E-state index is -0.989. The molecule has 0 aliphatic rings. The van der Waals surface area contributed by atoms with Gasteiger partial charge in [-0.25, -0.2) is 9.78 Å². The number of ether oxygens (including phenoxy) is 1. The Morgan fingerprint density at radius 2 is 2.16 bits per heavy atom. The molecule has 1 aromatic rings. The number of aryl methyl sites for hydroxylation is 1. The van der Waals surface area contributed by atoms with Crippen LogP contribution in [0.3, 0.4) is 0 Å². The van der Waals surface area contributed by atoms with Crippen molar-refractivity contribution in [1.29, 1.82) is 0 Å². The summed E-state index contributed by atoms with van der Waals surface area (Å²) in [6.45, 7) is 5.62. The van der Waals surface area contributed by atoms with Crippen molar-refractivity contribution in [2.45, 2.75) is 45.6 Å². The van der Waals surface area contributed by atoms with E-state index in [0.717, 1.165) is 17.8 Å². The summed E-state index contributed by atoms with van der Waals surface area (Å²) in [6, 6.07) is 0. The molecule has 0 aromatic carbocycles. The van der Waals surface area contributed by atoms with Gasteiger partial charge in [0, 0.05) is 0 Å². The molecule has 1 unspecified atom stereocenters. The highest BCUT2D eigenvalue weighted by Crippen LogP contribution is 2.18. The van der Waals surface area contributed by atoms with Crippen LogP contribution >= 0.6 is 11.3 Å². The summed E-state index contributed by atoms with van der Waals surface area (Å²) in [5.41, 5.74) is -0.989. The Hall–Kier alpha value is -1.43. The SMILES string of the molecule is CCCC(C)(NC(=O)c1cnc(CC)s1)C(=O)OC. The zero-order valence-corrected chi connectivity index (χ0v) is 12.6. The van der Waals surface area contributed by atoms with Crippen LogP contribution in [0.4, 0.5) is 0 Å². The lowest BCUT2D eigenvalue weighted by atomic mass is 9.96. The highest BCUT2D eigenvalue weighted by atomic mass is 32.1. The number of carbonyl (C=O) groups excluding carboxylic acids is 2. The summed E-state index contributed by atoms with van der Waals surface area (Å²) >= 11 is 1.34. The molecule has 0 saturated carbocycles. The molecule has 1 amide bonds. The minimum Gasteiger partial charge on any atom is -0.467 e. The van der Waals surface area contributed by atoms with Crippen LogP contribution in [0.5, 0.6) is 0 Å². The topological polar surface area (TPSA) is 68.3 Å². The maximum absolute atomic E-state index is 12.1. The van der Waals surface area contributed by atoms with Crippen LogP contribution < -0.4 is 5.32 Å². The van der Waals surface area contributed by atoms with Crippen LogP contribution in [0, 0.1) is 0 Å². The molecule has 5 nitrogen and oxygen atoms in total. The van der Waals surface area contributed by atoms with Crippen LogP contribution in [0.25, 0.3) is 0 Å². The number of hydrogen-bond donors (Lipinski definition) is 1. The molecule has 0 aliphatic heterocycles. The molecular formula is C13H20N2O3S. The fourth-order valence-electron chi connectivity index (χ4n) is 1.83. The van der Waals surface area contributed by atoms with Crippen molar-refractivity contribution >= 4 is 23.2 Å². The average molecular weight is 284 g/mol. The monoisotopic (exact) mass is 284 g/mol. The second-order valence-electron chi connectivity index (χ2n) is 4.50. The van der Waals surface area contributed by atoms with Gasteiger partial charge in [-0.1, -0.05) is 20.3 Å². The number of nitrogens with zero attached hydrogens (tertiary/aromatic N) is 1. The van der Waals surface area contributed by atoms with Crippen LogP contribution in [-0.4, -0.2) is 29.5 Å². The third-order valence-corrected chi connectivity index (χ3v) is 4.00. The normalized spacial score (nSPS) is 13.7. The van der Waals surface area contributed by atoms with Crippen molar-refractivity contribution in [2.75, 3.05) is 7.11 Å². The molecule has 19 heavy (non-hydrogen) atoms.